The summed E-state index contributed by atoms with van der Waals surface area (Å²) in [6.07, 6.45) is 0. The minimum Gasteiger partial charge on any atom is -0.326 e. The van der Waals surface area contributed by atoms with Gasteiger partial charge in [-0.3, -0.25) is 29.4 Å². The summed E-state index contributed by atoms with van der Waals surface area (Å²) in [6, 6.07) is 10.7. The molecule has 166 valence electrons. The molecule has 10 nitrogen and oxygen atoms in total. The van der Waals surface area contributed by atoms with Gasteiger partial charge in [-0.1, -0.05) is 13.8 Å². The molecular weight excluding hydrogens is 416 g/mol. The fourth-order valence-electron chi connectivity index (χ4n) is 3.21. The van der Waals surface area contributed by atoms with Crippen molar-refractivity contribution in [3.63, 3.8) is 0 Å². The molecule has 0 saturated carbocycles. The van der Waals surface area contributed by atoms with E-state index in [9.17, 15) is 29.3 Å². The van der Waals surface area contributed by atoms with Crippen LogP contribution >= 0.6 is 0 Å². The summed E-state index contributed by atoms with van der Waals surface area (Å²) < 4.78 is 0. The van der Waals surface area contributed by atoms with Gasteiger partial charge in [0.05, 0.1) is 11.5 Å². The summed E-state index contributed by atoms with van der Waals surface area (Å²) in [7, 11) is 0. The highest BCUT2D eigenvalue weighted by Gasteiger charge is 2.49. The second kappa shape index (κ2) is 8.58. The number of hydrogen-bond donors (Lipinski definition) is 2. The molecule has 1 atom stereocenters. The zero-order valence-corrected chi connectivity index (χ0v) is 17.7. The van der Waals surface area contributed by atoms with Crippen LogP contribution in [0.1, 0.15) is 36.7 Å². The Hall–Kier alpha value is -4.08. The van der Waals surface area contributed by atoms with Crippen LogP contribution in [0.4, 0.5) is 16.2 Å². The van der Waals surface area contributed by atoms with Gasteiger partial charge in [-0.2, -0.15) is 0 Å². The number of urea groups is 1. The van der Waals surface area contributed by atoms with E-state index >= 15 is 0 Å². The molecule has 0 spiro atoms. The molecule has 2 aromatic carbocycles. The molecule has 1 heterocycles. The smallest absolute Gasteiger partial charge is 0.325 e. The first-order chi connectivity index (χ1) is 15.0. The van der Waals surface area contributed by atoms with Gasteiger partial charge in [0.25, 0.3) is 11.6 Å². The summed E-state index contributed by atoms with van der Waals surface area (Å²) in [4.78, 5) is 60.9. The third-order valence-electron chi connectivity index (χ3n) is 5.23. The Kier molecular flexibility index (Phi) is 6.06. The van der Waals surface area contributed by atoms with Gasteiger partial charge in [-0.15, -0.1) is 0 Å². The first-order valence-corrected chi connectivity index (χ1v) is 9.86. The van der Waals surface area contributed by atoms with Crippen LogP contribution in [0.5, 0.6) is 0 Å². The maximum Gasteiger partial charge on any atom is 0.325 e. The summed E-state index contributed by atoms with van der Waals surface area (Å²) in [6.45, 7) is 4.53. The van der Waals surface area contributed by atoms with Gasteiger partial charge in [0.2, 0.25) is 5.91 Å². The van der Waals surface area contributed by atoms with E-state index in [1.165, 1.54) is 43.3 Å². The SMILES string of the molecule is CC(C)C(=O)Nc1ccc(C(=O)CN2C(=O)N[C@](C)(c3ccc([N+](=O)[O-])cc3)C2=O)cc1. The van der Waals surface area contributed by atoms with Crippen LogP contribution in [-0.4, -0.2) is 40.0 Å². The number of rotatable bonds is 7. The fraction of sp³-hybridized carbons (Fsp3) is 0.273. The zero-order chi connectivity index (χ0) is 23.6. The molecule has 1 aliphatic heterocycles. The number of nitro benzene ring substituents is 1. The largest absolute Gasteiger partial charge is 0.326 e. The van der Waals surface area contributed by atoms with Crippen molar-refractivity contribution in [2.45, 2.75) is 26.3 Å². The Balaban J connectivity index is 1.73. The molecule has 1 saturated heterocycles. The highest BCUT2D eigenvalue weighted by molar-refractivity contribution is 6.11. The maximum atomic E-state index is 13.0. The van der Waals surface area contributed by atoms with Crippen LogP contribution in [0.15, 0.2) is 48.5 Å². The van der Waals surface area contributed by atoms with Crippen molar-refractivity contribution < 1.29 is 24.1 Å². The van der Waals surface area contributed by atoms with Gasteiger partial charge >= 0.3 is 6.03 Å². The second-order valence-corrected chi connectivity index (χ2v) is 7.89. The average Bonchev–Trinajstić information content (AvgIpc) is 2.98. The molecule has 2 N–H and O–H groups in total. The first-order valence-electron chi connectivity index (χ1n) is 9.86. The maximum absolute atomic E-state index is 13.0. The predicted octanol–water partition coefficient (Wildman–Crippen LogP) is 2.84. The summed E-state index contributed by atoms with van der Waals surface area (Å²) in [5.74, 6) is -1.44. The van der Waals surface area contributed by atoms with Crippen molar-refractivity contribution in [3.05, 3.63) is 69.8 Å². The van der Waals surface area contributed by atoms with Crippen molar-refractivity contribution in [1.29, 1.82) is 0 Å². The molecule has 0 radical (unpaired) electrons. The van der Waals surface area contributed by atoms with Gasteiger partial charge in [0, 0.05) is 29.3 Å². The standard InChI is InChI=1S/C22H22N4O6/c1-13(2)19(28)23-16-8-4-14(5-9-16)18(27)12-25-20(29)22(3,24-21(25)30)15-6-10-17(11-7-15)26(31)32/h4-11,13H,12H2,1-3H3,(H,23,28)(H,24,30)/t22-/m1/s1. The quantitative estimate of drug-likeness (QED) is 0.295. The predicted molar refractivity (Wildman–Crippen MR) is 115 cm³/mol. The van der Waals surface area contributed by atoms with E-state index in [2.05, 4.69) is 10.6 Å². The van der Waals surface area contributed by atoms with Gasteiger partial charge in [0.15, 0.2) is 5.78 Å². The number of non-ortho nitro benzene ring substituents is 1. The van der Waals surface area contributed by atoms with E-state index in [-0.39, 0.29) is 23.1 Å². The van der Waals surface area contributed by atoms with Crippen molar-refractivity contribution in [2.75, 3.05) is 11.9 Å². The summed E-state index contributed by atoms with van der Waals surface area (Å²) in [5.41, 5.74) is -0.425. The van der Waals surface area contributed by atoms with E-state index in [0.29, 0.717) is 11.3 Å². The number of nitro groups is 1. The van der Waals surface area contributed by atoms with Gasteiger partial charge in [-0.05, 0) is 48.9 Å². The van der Waals surface area contributed by atoms with Crippen molar-refractivity contribution in [1.82, 2.24) is 10.2 Å². The number of imide groups is 1. The number of nitrogens with zero attached hydrogens (tertiary/aromatic N) is 2. The summed E-state index contributed by atoms with van der Waals surface area (Å²) >= 11 is 0. The Bertz CT molecular complexity index is 1090. The molecule has 10 heteroatoms. The first kappa shape index (κ1) is 22.6. The average molecular weight is 438 g/mol. The highest BCUT2D eigenvalue weighted by atomic mass is 16.6. The molecule has 1 fully saturated rings. The third kappa shape index (κ3) is 4.34. The third-order valence-corrected chi connectivity index (χ3v) is 5.23. The van der Waals surface area contributed by atoms with Crippen LogP contribution in [0.2, 0.25) is 0 Å². The van der Waals surface area contributed by atoms with E-state index in [1.54, 1.807) is 26.0 Å². The number of carbonyl (C=O) groups is 4. The number of ketones is 1. The second-order valence-electron chi connectivity index (χ2n) is 7.89. The van der Waals surface area contributed by atoms with Crippen molar-refractivity contribution in [2.24, 2.45) is 5.92 Å². The lowest BCUT2D eigenvalue weighted by Gasteiger charge is -2.22. The van der Waals surface area contributed by atoms with E-state index in [0.717, 1.165) is 4.90 Å². The normalized spacial score (nSPS) is 17.9. The van der Waals surface area contributed by atoms with E-state index in [1.807, 2.05) is 0 Å². The Morgan fingerprint density at radius 2 is 1.69 bits per heavy atom. The molecule has 4 amide bonds. The molecule has 0 aliphatic carbocycles. The molecule has 0 aromatic heterocycles. The number of amides is 4. The lowest BCUT2D eigenvalue weighted by Crippen LogP contribution is -2.41. The highest BCUT2D eigenvalue weighted by Crippen LogP contribution is 2.30. The van der Waals surface area contributed by atoms with Crippen LogP contribution in [0.25, 0.3) is 0 Å². The molecule has 0 bridgehead atoms. The number of hydrogen-bond acceptors (Lipinski definition) is 6. The minimum absolute atomic E-state index is 0.144. The fourth-order valence-corrected chi connectivity index (χ4v) is 3.21. The van der Waals surface area contributed by atoms with Crippen LogP contribution in [0.3, 0.4) is 0 Å². The topological polar surface area (TPSA) is 139 Å². The van der Waals surface area contributed by atoms with E-state index < -0.39 is 34.7 Å². The Morgan fingerprint density at radius 3 is 2.22 bits per heavy atom. The monoisotopic (exact) mass is 438 g/mol. The Morgan fingerprint density at radius 1 is 1.09 bits per heavy atom. The number of benzene rings is 2. The molecular formula is C22H22N4O6. The van der Waals surface area contributed by atoms with Gasteiger partial charge in [0.1, 0.15) is 5.54 Å². The summed E-state index contributed by atoms with van der Waals surface area (Å²) in [5, 5.41) is 16.1. The molecule has 3 rings (SSSR count). The van der Waals surface area contributed by atoms with Crippen LogP contribution in [-0.2, 0) is 15.1 Å². The number of nitrogens with one attached hydrogen (secondary N) is 2. The molecule has 2 aromatic rings. The number of carbonyl (C=O) groups excluding carboxylic acids is 4. The van der Waals surface area contributed by atoms with Gasteiger partial charge < -0.3 is 10.6 Å². The van der Waals surface area contributed by atoms with E-state index in [4.69, 9.17) is 0 Å². The Labute approximate surface area is 183 Å². The molecule has 32 heavy (non-hydrogen) atoms. The van der Waals surface area contributed by atoms with Gasteiger partial charge in [-0.25, -0.2) is 4.79 Å². The number of anilines is 1. The number of Topliss-reactive ketones (excluding diaryl/α,β-unsaturated/α-hetero) is 1. The molecule has 0 unspecified atom stereocenters. The lowest BCUT2D eigenvalue weighted by molar-refractivity contribution is -0.384. The zero-order valence-electron chi connectivity index (χ0n) is 17.7. The lowest BCUT2D eigenvalue weighted by atomic mass is 9.92. The molecule has 1 aliphatic rings. The van der Waals surface area contributed by atoms with Crippen molar-refractivity contribution in [3.8, 4) is 0 Å². The van der Waals surface area contributed by atoms with Crippen molar-refractivity contribution >= 4 is 35.0 Å². The van der Waals surface area contributed by atoms with Crippen LogP contribution < -0.4 is 10.6 Å². The van der Waals surface area contributed by atoms with Crippen LogP contribution in [0, 0.1) is 16.0 Å². The minimum atomic E-state index is -1.45.